The van der Waals surface area contributed by atoms with Gasteiger partial charge in [0.25, 0.3) is 0 Å². The van der Waals surface area contributed by atoms with Crippen LogP contribution in [0.15, 0.2) is 53.6 Å². The van der Waals surface area contributed by atoms with Crippen molar-refractivity contribution < 1.29 is 9.47 Å². The van der Waals surface area contributed by atoms with E-state index in [4.69, 9.17) is 9.47 Å². The fraction of sp³-hybridized carbons (Fsp3) is 0.238. The van der Waals surface area contributed by atoms with Gasteiger partial charge in [0.05, 0.1) is 31.1 Å². The molecule has 0 spiro atoms. The lowest BCUT2D eigenvalue weighted by Crippen LogP contribution is -1.99. The SMILES string of the molecule is CCCOc1ccccc1/C=N/Nc1cc(C)nc2ccc(OC)cc12. The molecule has 5 heteroatoms. The first-order valence-corrected chi connectivity index (χ1v) is 8.67. The molecule has 0 atom stereocenters. The van der Waals surface area contributed by atoms with Crippen LogP contribution in [0.25, 0.3) is 10.9 Å². The summed E-state index contributed by atoms with van der Waals surface area (Å²) in [5, 5.41) is 5.36. The van der Waals surface area contributed by atoms with Gasteiger partial charge < -0.3 is 9.47 Å². The number of fused-ring (bicyclic) bond motifs is 1. The molecule has 0 saturated heterocycles. The number of ether oxygens (including phenoxy) is 2. The van der Waals surface area contributed by atoms with Crippen LogP contribution in [0, 0.1) is 6.92 Å². The average molecular weight is 349 g/mol. The number of hydrogen-bond acceptors (Lipinski definition) is 5. The van der Waals surface area contributed by atoms with E-state index >= 15 is 0 Å². The van der Waals surface area contributed by atoms with Crippen LogP contribution in [0.5, 0.6) is 11.5 Å². The Bertz CT molecular complexity index is 922. The number of para-hydroxylation sites is 1. The predicted molar refractivity (Wildman–Crippen MR) is 106 cm³/mol. The topological polar surface area (TPSA) is 55.7 Å². The number of hydrogen-bond donors (Lipinski definition) is 1. The summed E-state index contributed by atoms with van der Waals surface area (Å²) >= 11 is 0. The van der Waals surface area contributed by atoms with E-state index in [1.54, 1.807) is 13.3 Å². The summed E-state index contributed by atoms with van der Waals surface area (Å²) in [6, 6.07) is 15.6. The number of benzene rings is 2. The Morgan fingerprint density at radius 2 is 2.00 bits per heavy atom. The maximum Gasteiger partial charge on any atom is 0.128 e. The number of nitrogens with one attached hydrogen (secondary N) is 1. The number of hydrazone groups is 1. The van der Waals surface area contributed by atoms with E-state index in [9.17, 15) is 0 Å². The quantitative estimate of drug-likeness (QED) is 0.492. The average Bonchev–Trinajstić information content (AvgIpc) is 2.66. The van der Waals surface area contributed by atoms with Crippen molar-refractivity contribution in [2.75, 3.05) is 19.1 Å². The first-order valence-electron chi connectivity index (χ1n) is 8.67. The van der Waals surface area contributed by atoms with Crippen molar-refractivity contribution >= 4 is 22.8 Å². The molecule has 2 aromatic carbocycles. The number of aromatic nitrogens is 1. The summed E-state index contributed by atoms with van der Waals surface area (Å²) < 4.78 is 11.1. The van der Waals surface area contributed by atoms with Gasteiger partial charge in [-0.15, -0.1) is 0 Å². The Kier molecular flexibility index (Phi) is 5.69. The van der Waals surface area contributed by atoms with E-state index < -0.39 is 0 Å². The molecule has 0 amide bonds. The first-order chi connectivity index (χ1) is 12.7. The van der Waals surface area contributed by atoms with Crippen LogP contribution in [0.3, 0.4) is 0 Å². The zero-order valence-electron chi connectivity index (χ0n) is 15.3. The number of methoxy groups -OCH3 is 1. The molecule has 0 aliphatic carbocycles. The van der Waals surface area contributed by atoms with E-state index in [1.807, 2.05) is 55.5 Å². The summed E-state index contributed by atoms with van der Waals surface area (Å²) in [6.45, 7) is 4.74. The molecule has 0 radical (unpaired) electrons. The van der Waals surface area contributed by atoms with Crippen LogP contribution >= 0.6 is 0 Å². The lowest BCUT2D eigenvalue weighted by molar-refractivity contribution is 0.317. The van der Waals surface area contributed by atoms with Gasteiger partial charge in [0.15, 0.2) is 0 Å². The van der Waals surface area contributed by atoms with E-state index in [0.717, 1.165) is 45.8 Å². The van der Waals surface area contributed by atoms with E-state index in [1.165, 1.54) is 0 Å². The lowest BCUT2D eigenvalue weighted by atomic mass is 10.1. The van der Waals surface area contributed by atoms with Crippen molar-refractivity contribution in [2.24, 2.45) is 5.10 Å². The molecule has 1 heterocycles. The predicted octanol–water partition coefficient (Wildman–Crippen LogP) is 4.79. The maximum atomic E-state index is 5.76. The van der Waals surface area contributed by atoms with E-state index in [0.29, 0.717) is 6.61 Å². The zero-order valence-corrected chi connectivity index (χ0v) is 15.3. The molecule has 0 saturated carbocycles. The highest BCUT2D eigenvalue weighted by Crippen LogP contribution is 2.27. The Morgan fingerprint density at radius 1 is 1.15 bits per heavy atom. The maximum absolute atomic E-state index is 5.76. The third-order valence-electron chi connectivity index (χ3n) is 3.91. The number of pyridine rings is 1. The minimum absolute atomic E-state index is 0.687. The minimum atomic E-state index is 0.687. The van der Waals surface area contributed by atoms with Gasteiger partial charge in [-0.05, 0) is 49.7 Å². The molecular formula is C21H23N3O2. The molecule has 26 heavy (non-hydrogen) atoms. The Balaban J connectivity index is 1.87. The van der Waals surface area contributed by atoms with Gasteiger partial charge in [0.2, 0.25) is 0 Å². The Morgan fingerprint density at radius 3 is 2.81 bits per heavy atom. The highest BCUT2D eigenvalue weighted by Gasteiger charge is 2.05. The van der Waals surface area contributed by atoms with Crippen molar-refractivity contribution in [1.29, 1.82) is 0 Å². The molecule has 0 aliphatic heterocycles. The molecule has 0 aliphatic rings. The molecule has 134 valence electrons. The monoisotopic (exact) mass is 349 g/mol. The second-order valence-corrected chi connectivity index (χ2v) is 5.95. The van der Waals surface area contributed by atoms with Crippen LogP contribution < -0.4 is 14.9 Å². The van der Waals surface area contributed by atoms with Crippen LogP contribution in [-0.2, 0) is 0 Å². The molecule has 3 aromatic rings. The van der Waals surface area contributed by atoms with Crippen molar-refractivity contribution in [3.63, 3.8) is 0 Å². The smallest absolute Gasteiger partial charge is 0.128 e. The molecule has 0 unspecified atom stereocenters. The molecular weight excluding hydrogens is 326 g/mol. The molecule has 3 rings (SSSR count). The standard InChI is InChI=1S/C21H23N3O2/c1-4-11-26-21-8-6-5-7-16(21)14-22-24-20-12-15(2)23-19-10-9-17(25-3)13-18(19)20/h5-10,12-14H,4,11H2,1-3H3,(H,23,24)/b22-14+. The molecule has 0 bridgehead atoms. The van der Waals surface area contributed by atoms with E-state index in [-0.39, 0.29) is 0 Å². The zero-order chi connectivity index (χ0) is 18.4. The molecule has 0 fully saturated rings. The summed E-state index contributed by atoms with van der Waals surface area (Å²) in [7, 11) is 1.65. The molecule has 1 aromatic heterocycles. The number of rotatable bonds is 7. The summed E-state index contributed by atoms with van der Waals surface area (Å²) in [5.41, 5.74) is 6.77. The Labute approximate surface area is 153 Å². The van der Waals surface area contributed by atoms with Gasteiger partial charge in [-0.2, -0.15) is 5.10 Å². The highest BCUT2D eigenvalue weighted by molar-refractivity contribution is 5.93. The minimum Gasteiger partial charge on any atom is -0.497 e. The van der Waals surface area contributed by atoms with Crippen LogP contribution in [0.1, 0.15) is 24.6 Å². The van der Waals surface area contributed by atoms with Gasteiger partial charge >= 0.3 is 0 Å². The Hall–Kier alpha value is -3.08. The van der Waals surface area contributed by atoms with Gasteiger partial charge in [0, 0.05) is 16.6 Å². The third kappa shape index (κ3) is 4.11. The normalized spacial score (nSPS) is 11.0. The number of aryl methyl sites for hydroxylation is 1. The van der Waals surface area contributed by atoms with Crippen molar-refractivity contribution in [1.82, 2.24) is 4.98 Å². The van der Waals surface area contributed by atoms with Crippen molar-refractivity contribution in [3.05, 3.63) is 59.8 Å². The lowest BCUT2D eigenvalue weighted by Gasteiger charge is -2.09. The third-order valence-corrected chi connectivity index (χ3v) is 3.91. The van der Waals surface area contributed by atoms with Gasteiger partial charge in [-0.1, -0.05) is 19.1 Å². The summed E-state index contributed by atoms with van der Waals surface area (Å²) in [6.07, 6.45) is 2.74. The molecule has 5 nitrogen and oxygen atoms in total. The van der Waals surface area contributed by atoms with Crippen LogP contribution in [0.2, 0.25) is 0 Å². The van der Waals surface area contributed by atoms with Gasteiger partial charge in [-0.3, -0.25) is 10.4 Å². The molecule has 1 N–H and O–H groups in total. The largest absolute Gasteiger partial charge is 0.497 e. The van der Waals surface area contributed by atoms with Crippen LogP contribution in [0.4, 0.5) is 5.69 Å². The fourth-order valence-electron chi connectivity index (χ4n) is 2.66. The summed E-state index contributed by atoms with van der Waals surface area (Å²) in [4.78, 5) is 4.56. The number of anilines is 1. The second kappa shape index (κ2) is 8.34. The first kappa shape index (κ1) is 17.7. The van der Waals surface area contributed by atoms with Crippen molar-refractivity contribution in [3.8, 4) is 11.5 Å². The van der Waals surface area contributed by atoms with Crippen LogP contribution in [-0.4, -0.2) is 24.9 Å². The fourth-order valence-corrected chi connectivity index (χ4v) is 2.66. The highest BCUT2D eigenvalue weighted by atomic mass is 16.5. The van der Waals surface area contributed by atoms with Gasteiger partial charge in [0.1, 0.15) is 11.5 Å². The van der Waals surface area contributed by atoms with E-state index in [2.05, 4.69) is 22.4 Å². The van der Waals surface area contributed by atoms with Crippen molar-refractivity contribution in [2.45, 2.75) is 20.3 Å². The summed E-state index contributed by atoms with van der Waals surface area (Å²) in [5.74, 6) is 1.62. The second-order valence-electron chi connectivity index (χ2n) is 5.95. The number of nitrogens with zero attached hydrogens (tertiary/aromatic N) is 2. The van der Waals surface area contributed by atoms with Gasteiger partial charge in [-0.25, -0.2) is 0 Å².